The summed E-state index contributed by atoms with van der Waals surface area (Å²) in [5.41, 5.74) is 0. The van der Waals surface area contributed by atoms with Crippen molar-refractivity contribution in [2.24, 2.45) is 17.8 Å². The molecule has 12 heavy (non-hydrogen) atoms. The van der Waals surface area contributed by atoms with Crippen LogP contribution in [-0.2, 0) is 0 Å². The molecular weight excluding hydrogens is 152 g/mol. The van der Waals surface area contributed by atoms with E-state index in [1.165, 1.54) is 6.42 Å². The van der Waals surface area contributed by atoms with Gasteiger partial charge in [0.25, 0.3) is 0 Å². The molecule has 0 amide bonds. The molecule has 2 N–H and O–H groups in total. The van der Waals surface area contributed by atoms with E-state index in [-0.39, 0.29) is 12.7 Å². The lowest BCUT2D eigenvalue weighted by Gasteiger charge is -2.33. The van der Waals surface area contributed by atoms with Gasteiger partial charge in [-0.1, -0.05) is 13.8 Å². The molecule has 2 heteroatoms. The third-order valence-electron chi connectivity index (χ3n) is 3.29. The highest BCUT2D eigenvalue weighted by Gasteiger charge is 2.28. The van der Waals surface area contributed by atoms with Crippen molar-refractivity contribution in [1.29, 1.82) is 0 Å². The van der Waals surface area contributed by atoms with Gasteiger partial charge in [-0.05, 0) is 37.0 Å². The first-order chi connectivity index (χ1) is 5.65. The zero-order valence-corrected chi connectivity index (χ0v) is 8.03. The van der Waals surface area contributed by atoms with E-state index in [0.717, 1.165) is 12.8 Å². The fourth-order valence-electron chi connectivity index (χ4n) is 2.00. The molecule has 0 aromatic heterocycles. The van der Waals surface area contributed by atoms with Gasteiger partial charge in [0.15, 0.2) is 0 Å². The van der Waals surface area contributed by atoms with E-state index >= 15 is 0 Å². The van der Waals surface area contributed by atoms with Crippen LogP contribution < -0.4 is 0 Å². The second kappa shape index (κ2) is 4.24. The topological polar surface area (TPSA) is 40.5 Å². The first-order valence-corrected chi connectivity index (χ1v) is 4.94. The van der Waals surface area contributed by atoms with Crippen LogP contribution >= 0.6 is 0 Å². The van der Waals surface area contributed by atoms with Crippen LogP contribution in [0.1, 0.15) is 33.1 Å². The van der Waals surface area contributed by atoms with Gasteiger partial charge in [-0.3, -0.25) is 0 Å². The van der Waals surface area contributed by atoms with E-state index in [1.807, 2.05) is 0 Å². The van der Waals surface area contributed by atoms with Crippen molar-refractivity contribution in [1.82, 2.24) is 0 Å². The van der Waals surface area contributed by atoms with Gasteiger partial charge in [0.2, 0.25) is 0 Å². The molecule has 0 saturated heterocycles. The summed E-state index contributed by atoms with van der Waals surface area (Å²) in [6.07, 6.45) is 3.01. The molecule has 1 fully saturated rings. The highest BCUT2D eigenvalue weighted by Crippen LogP contribution is 2.33. The Hall–Kier alpha value is -0.0800. The molecule has 2 nitrogen and oxygen atoms in total. The van der Waals surface area contributed by atoms with E-state index in [4.69, 9.17) is 5.11 Å². The molecular formula is C10H20O2. The molecule has 0 aromatic rings. The largest absolute Gasteiger partial charge is 0.396 e. The number of hydrogen-bond acceptors (Lipinski definition) is 2. The van der Waals surface area contributed by atoms with Crippen LogP contribution in [-0.4, -0.2) is 22.9 Å². The van der Waals surface area contributed by atoms with Gasteiger partial charge < -0.3 is 10.2 Å². The molecule has 0 heterocycles. The fraction of sp³-hybridized carbons (Fsp3) is 1.00. The lowest BCUT2D eigenvalue weighted by atomic mass is 9.75. The molecule has 0 radical (unpaired) electrons. The van der Waals surface area contributed by atoms with Crippen LogP contribution in [0, 0.1) is 17.8 Å². The molecule has 0 aliphatic heterocycles. The molecule has 0 aromatic carbocycles. The first-order valence-electron chi connectivity index (χ1n) is 4.94. The van der Waals surface area contributed by atoms with Crippen molar-refractivity contribution >= 4 is 0 Å². The fourth-order valence-corrected chi connectivity index (χ4v) is 2.00. The SMILES string of the molecule is C[C@H](CO)[C@@H]1CC[C@@H](C)[C@@H](O)C1. The van der Waals surface area contributed by atoms with E-state index in [1.54, 1.807) is 0 Å². The Morgan fingerprint density at radius 3 is 2.58 bits per heavy atom. The maximum Gasteiger partial charge on any atom is 0.0568 e. The molecule has 72 valence electrons. The summed E-state index contributed by atoms with van der Waals surface area (Å²) < 4.78 is 0. The van der Waals surface area contributed by atoms with Gasteiger partial charge in [-0.15, -0.1) is 0 Å². The second-order valence-electron chi connectivity index (χ2n) is 4.28. The van der Waals surface area contributed by atoms with Crippen molar-refractivity contribution < 1.29 is 10.2 Å². The minimum Gasteiger partial charge on any atom is -0.396 e. The second-order valence-corrected chi connectivity index (χ2v) is 4.28. The van der Waals surface area contributed by atoms with E-state index in [9.17, 15) is 5.11 Å². The summed E-state index contributed by atoms with van der Waals surface area (Å²) in [4.78, 5) is 0. The monoisotopic (exact) mass is 172 g/mol. The van der Waals surface area contributed by atoms with Crippen LogP contribution in [0.4, 0.5) is 0 Å². The molecule has 1 aliphatic rings. The molecule has 0 spiro atoms. The zero-order valence-electron chi connectivity index (χ0n) is 8.03. The highest BCUT2D eigenvalue weighted by atomic mass is 16.3. The van der Waals surface area contributed by atoms with Crippen LogP contribution in [0.5, 0.6) is 0 Å². The lowest BCUT2D eigenvalue weighted by molar-refractivity contribution is 0.0288. The van der Waals surface area contributed by atoms with Gasteiger partial charge in [-0.25, -0.2) is 0 Å². The van der Waals surface area contributed by atoms with Crippen molar-refractivity contribution in [3.05, 3.63) is 0 Å². The highest BCUT2D eigenvalue weighted by molar-refractivity contribution is 4.79. The van der Waals surface area contributed by atoms with Crippen molar-refractivity contribution in [3.63, 3.8) is 0 Å². The summed E-state index contributed by atoms with van der Waals surface area (Å²) in [5, 5.41) is 18.6. The summed E-state index contributed by atoms with van der Waals surface area (Å²) in [6, 6.07) is 0. The van der Waals surface area contributed by atoms with E-state index < -0.39 is 0 Å². The van der Waals surface area contributed by atoms with Gasteiger partial charge in [0.1, 0.15) is 0 Å². The van der Waals surface area contributed by atoms with Crippen molar-refractivity contribution in [2.45, 2.75) is 39.2 Å². The third kappa shape index (κ3) is 2.20. The van der Waals surface area contributed by atoms with Gasteiger partial charge in [0, 0.05) is 6.61 Å². The molecule has 0 unspecified atom stereocenters. The third-order valence-corrected chi connectivity index (χ3v) is 3.29. The van der Waals surface area contributed by atoms with Crippen LogP contribution in [0.15, 0.2) is 0 Å². The Bertz CT molecular complexity index is 136. The Labute approximate surface area is 74.6 Å². The summed E-state index contributed by atoms with van der Waals surface area (Å²) >= 11 is 0. The minimum absolute atomic E-state index is 0.141. The molecule has 4 atom stereocenters. The van der Waals surface area contributed by atoms with Crippen molar-refractivity contribution in [3.8, 4) is 0 Å². The van der Waals surface area contributed by atoms with Gasteiger partial charge >= 0.3 is 0 Å². The summed E-state index contributed by atoms with van der Waals surface area (Å²) in [5.74, 6) is 1.33. The number of aliphatic hydroxyl groups is 2. The standard InChI is InChI=1S/C10H20O2/c1-7-3-4-9(5-10(7)12)8(2)6-11/h7-12H,3-6H2,1-2H3/t7-,8-,9-,10+/m1/s1. The van der Waals surface area contributed by atoms with Gasteiger partial charge in [-0.2, -0.15) is 0 Å². The number of aliphatic hydroxyl groups excluding tert-OH is 2. The lowest BCUT2D eigenvalue weighted by Crippen LogP contribution is -2.31. The Morgan fingerprint density at radius 1 is 1.42 bits per heavy atom. The maximum atomic E-state index is 9.61. The average Bonchev–Trinajstić information content (AvgIpc) is 2.08. The Balaban J connectivity index is 2.39. The van der Waals surface area contributed by atoms with E-state index in [2.05, 4.69) is 13.8 Å². The maximum absolute atomic E-state index is 9.61. The molecule has 1 saturated carbocycles. The van der Waals surface area contributed by atoms with Crippen LogP contribution in [0.3, 0.4) is 0 Å². The minimum atomic E-state index is -0.141. The predicted molar refractivity (Wildman–Crippen MR) is 48.8 cm³/mol. The molecule has 1 rings (SSSR count). The average molecular weight is 172 g/mol. The van der Waals surface area contributed by atoms with Crippen LogP contribution in [0.25, 0.3) is 0 Å². The Morgan fingerprint density at radius 2 is 2.08 bits per heavy atom. The summed E-state index contributed by atoms with van der Waals surface area (Å²) in [7, 11) is 0. The van der Waals surface area contributed by atoms with Gasteiger partial charge in [0.05, 0.1) is 6.10 Å². The quantitative estimate of drug-likeness (QED) is 0.661. The number of hydrogen-bond donors (Lipinski definition) is 2. The smallest absolute Gasteiger partial charge is 0.0568 e. The Kier molecular flexibility index (Phi) is 3.53. The normalized spacial score (nSPS) is 39.5. The molecule has 1 aliphatic carbocycles. The van der Waals surface area contributed by atoms with Crippen LogP contribution in [0.2, 0.25) is 0 Å². The zero-order chi connectivity index (χ0) is 9.14. The van der Waals surface area contributed by atoms with Crippen molar-refractivity contribution in [2.75, 3.05) is 6.61 Å². The number of rotatable bonds is 2. The van der Waals surface area contributed by atoms with E-state index in [0.29, 0.717) is 17.8 Å². The predicted octanol–water partition coefficient (Wildman–Crippen LogP) is 1.41. The summed E-state index contributed by atoms with van der Waals surface area (Å²) in [6.45, 7) is 4.42. The first kappa shape index (κ1) is 10.0. The molecule has 0 bridgehead atoms.